The van der Waals surface area contributed by atoms with Crippen LogP contribution in [0.4, 0.5) is 10.8 Å². The molecule has 2 aromatic rings. The Labute approximate surface area is 161 Å². The Kier molecular flexibility index (Phi) is 5.85. The third-order valence-corrected chi connectivity index (χ3v) is 5.12. The van der Waals surface area contributed by atoms with Crippen LogP contribution in [0.1, 0.15) is 31.5 Å². The van der Waals surface area contributed by atoms with E-state index in [0.717, 1.165) is 12.1 Å². The van der Waals surface area contributed by atoms with Crippen molar-refractivity contribution in [3.63, 3.8) is 0 Å². The van der Waals surface area contributed by atoms with Gasteiger partial charge in [0.05, 0.1) is 11.6 Å². The number of carbonyl (C=O) groups excluding carboxylic acids is 3. The second kappa shape index (κ2) is 8.30. The summed E-state index contributed by atoms with van der Waals surface area (Å²) >= 11 is 1.27. The smallest absolute Gasteiger partial charge is 0.311 e. The van der Waals surface area contributed by atoms with Crippen molar-refractivity contribution in [3.8, 4) is 0 Å². The van der Waals surface area contributed by atoms with Gasteiger partial charge in [0, 0.05) is 31.0 Å². The summed E-state index contributed by atoms with van der Waals surface area (Å²) < 4.78 is 5.31. The van der Waals surface area contributed by atoms with Crippen molar-refractivity contribution >= 4 is 39.9 Å². The van der Waals surface area contributed by atoms with Crippen molar-refractivity contribution in [2.75, 3.05) is 16.8 Å². The Balaban J connectivity index is 1.55. The SMILES string of the molecule is CCc1ccc(N2CC(C(=O)OCc3csc(NC(C)=O)n3)CC2=O)cc1. The van der Waals surface area contributed by atoms with Gasteiger partial charge in [-0.2, -0.15) is 0 Å². The maximum atomic E-state index is 12.3. The largest absolute Gasteiger partial charge is 0.459 e. The van der Waals surface area contributed by atoms with E-state index in [2.05, 4.69) is 17.2 Å². The van der Waals surface area contributed by atoms with Crippen molar-refractivity contribution in [1.82, 2.24) is 4.98 Å². The number of aromatic nitrogens is 1. The topological polar surface area (TPSA) is 88.6 Å². The number of hydrogen-bond acceptors (Lipinski definition) is 6. The van der Waals surface area contributed by atoms with E-state index in [9.17, 15) is 14.4 Å². The van der Waals surface area contributed by atoms with E-state index in [-0.39, 0.29) is 24.8 Å². The molecule has 1 unspecified atom stereocenters. The fourth-order valence-electron chi connectivity index (χ4n) is 2.87. The second-order valence-corrected chi connectivity index (χ2v) is 7.22. The predicted octanol–water partition coefficient (Wildman–Crippen LogP) is 2.76. The van der Waals surface area contributed by atoms with Crippen molar-refractivity contribution in [1.29, 1.82) is 0 Å². The lowest BCUT2D eigenvalue weighted by molar-refractivity contribution is -0.149. The first-order valence-corrected chi connectivity index (χ1v) is 9.62. The van der Waals surface area contributed by atoms with Crippen molar-refractivity contribution in [2.45, 2.75) is 33.3 Å². The maximum absolute atomic E-state index is 12.3. The highest BCUT2D eigenvalue weighted by Gasteiger charge is 2.36. The molecule has 1 N–H and O–H groups in total. The van der Waals surface area contributed by atoms with Crippen LogP contribution in [0, 0.1) is 5.92 Å². The molecule has 8 heteroatoms. The zero-order valence-electron chi connectivity index (χ0n) is 15.2. The zero-order valence-corrected chi connectivity index (χ0v) is 16.0. The van der Waals surface area contributed by atoms with Crippen LogP contribution in [-0.2, 0) is 32.1 Å². The number of amides is 2. The van der Waals surface area contributed by atoms with E-state index in [1.165, 1.54) is 23.8 Å². The molecule has 1 saturated heterocycles. The molecule has 1 aromatic heterocycles. The summed E-state index contributed by atoms with van der Waals surface area (Å²) in [6, 6.07) is 7.79. The summed E-state index contributed by atoms with van der Waals surface area (Å²) in [6.07, 6.45) is 1.08. The Morgan fingerprint density at radius 3 is 2.74 bits per heavy atom. The lowest BCUT2D eigenvalue weighted by Crippen LogP contribution is -2.26. The van der Waals surface area contributed by atoms with Crippen molar-refractivity contribution in [2.24, 2.45) is 5.92 Å². The van der Waals surface area contributed by atoms with Crippen LogP contribution in [0.15, 0.2) is 29.6 Å². The van der Waals surface area contributed by atoms with Crippen LogP contribution in [0.25, 0.3) is 0 Å². The number of ether oxygens (including phenoxy) is 1. The van der Waals surface area contributed by atoms with Crippen molar-refractivity contribution in [3.05, 3.63) is 40.9 Å². The minimum atomic E-state index is -0.489. The molecule has 2 heterocycles. The zero-order chi connectivity index (χ0) is 19.4. The molecule has 0 aliphatic carbocycles. The number of nitrogens with zero attached hydrogens (tertiary/aromatic N) is 2. The average molecular weight is 387 g/mol. The van der Waals surface area contributed by atoms with Gasteiger partial charge in [-0.05, 0) is 24.1 Å². The van der Waals surface area contributed by atoms with E-state index < -0.39 is 11.9 Å². The number of benzene rings is 1. The lowest BCUT2D eigenvalue weighted by Gasteiger charge is -2.16. The Morgan fingerprint density at radius 1 is 1.33 bits per heavy atom. The number of thiazole rings is 1. The normalized spacial score (nSPS) is 16.4. The second-order valence-electron chi connectivity index (χ2n) is 6.36. The third-order valence-electron chi connectivity index (χ3n) is 4.31. The molecule has 3 rings (SSSR count). The molecule has 142 valence electrons. The first-order chi connectivity index (χ1) is 13.0. The van der Waals surface area contributed by atoms with E-state index in [1.54, 1.807) is 10.3 Å². The Hall–Kier alpha value is -2.74. The molecule has 0 bridgehead atoms. The summed E-state index contributed by atoms with van der Waals surface area (Å²) in [6.45, 7) is 3.81. The highest BCUT2D eigenvalue weighted by Crippen LogP contribution is 2.26. The summed E-state index contributed by atoms with van der Waals surface area (Å²) in [5.74, 6) is -1.19. The van der Waals surface area contributed by atoms with E-state index >= 15 is 0 Å². The first kappa shape index (κ1) is 19.0. The summed E-state index contributed by atoms with van der Waals surface area (Å²) in [7, 11) is 0. The van der Waals surface area contributed by atoms with Gasteiger partial charge in [-0.15, -0.1) is 11.3 Å². The van der Waals surface area contributed by atoms with E-state index in [1.807, 2.05) is 24.3 Å². The van der Waals surface area contributed by atoms with Crippen LogP contribution >= 0.6 is 11.3 Å². The minimum Gasteiger partial charge on any atom is -0.459 e. The summed E-state index contributed by atoms with van der Waals surface area (Å²) in [5.41, 5.74) is 2.56. The first-order valence-electron chi connectivity index (χ1n) is 8.74. The molecule has 0 saturated carbocycles. The van der Waals surface area contributed by atoms with Gasteiger partial charge in [-0.3, -0.25) is 14.4 Å². The highest BCUT2D eigenvalue weighted by atomic mass is 32.1. The third kappa shape index (κ3) is 4.71. The van der Waals surface area contributed by atoms with Crippen LogP contribution in [0.5, 0.6) is 0 Å². The molecule has 1 aromatic carbocycles. The quantitative estimate of drug-likeness (QED) is 0.770. The molecular formula is C19H21N3O4S. The molecule has 0 spiro atoms. The van der Waals surface area contributed by atoms with Crippen LogP contribution < -0.4 is 10.2 Å². The minimum absolute atomic E-state index is 0.0187. The molecular weight excluding hydrogens is 366 g/mol. The van der Waals surface area contributed by atoms with Gasteiger partial charge in [-0.1, -0.05) is 19.1 Å². The molecule has 1 fully saturated rings. The van der Waals surface area contributed by atoms with Crippen LogP contribution in [-0.4, -0.2) is 29.3 Å². The van der Waals surface area contributed by atoms with Gasteiger partial charge in [0.1, 0.15) is 6.61 Å². The molecule has 2 amide bonds. The van der Waals surface area contributed by atoms with Gasteiger partial charge in [0.15, 0.2) is 5.13 Å². The molecule has 1 aliphatic rings. The number of anilines is 2. The molecule has 27 heavy (non-hydrogen) atoms. The maximum Gasteiger partial charge on any atom is 0.311 e. The van der Waals surface area contributed by atoms with Gasteiger partial charge >= 0.3 is 5.97 Å². The van der Waals surface area contributed by atoms with Crippen molar-refractivity contribution < 1.29 is 19.1 Å². The summed E-state index contributed by atoms with van der Waals surface area (Å²) in [4.78, 5) is 41.4. The van der Waals surface area contributed by atoms with Crippen LogP contribution in [0.2, 0.25) is 0 Å². The number of aryl methyl sites for hydroxylation is 1. The average Bonchev–Trinajstić information content (AvgIpc) is 3.25. The Morgan fingerprint density at radius 2 is 2.07 bits per heavy atom. The molecule has 0 radical (unpaired) electrons. The van der Waals surface area contributed by atoms with Gasteiger partial charge in [0.25, 0.3) is 0 Å². The fraction of sp³-hybridized carbons (Fsp3) is 0.368. The van der Waals surface area contributed by atoms with Gasteiger partial charge < -0.3 is 15.0 Å². The fourth-order valence-corrected chi connectivity index (χ4v) is 3.61. The highest BCUT2D eigenvalue weighted by molar-refractivity contribution is 7.13. The number of rotatable bonds is 6. The van der Waals surface area contributed by atoms with Gasteiger partial charge in [0.2, 0.25) is 11.8 Å². The van der Waals surface area contributed by atoms with E-state index in [4.69, 9.17) is 4.74 Å². The van der Waals surface area contributed by atoms with Gasteiger partial charge in [-0.25, -0.2) is 4.98 Å². The summed E-state index contributed by atoms with van der Waals surface area (Å²) in [5, 5.41) is 4.77. The number of carbonyl (C=O) groups is 3. The number of hydrogen-bond donors (Lipinski definition) is 1. The monoisotopic (exact) mass is 387 g/mol. The predicted molar refractivity (Wildman–Crippen MR) is 102 cm³/mol. The van der Waals surface area contributed by atoms with Crippen LogP contribution in [0.3, 0.4) is 0 Å². The Bertz CT molecular complexity index is 847. The molecule has 1 aliphatic heterocycles. The molecule has 7 nitrogen and oxygen atoms in total. The standard InChI is InChI=1S/C19H21N3O4S/c1-3-13-4-6-16(7-5-13)22-9-14(8-17(22)24)18(25)26-10-15-11-27-19(21-15)20-12(2)23/h4-7,11,14H,3,8-10H2,1-2H3,(H,20,21,23). The number of esters is 1. The number of nitrogens with one attached hydrogen (secondary N) is 1. The molecule has 1 atom stereocenters. The lowest BCUT2D eigenvalue weighted by atomic mass is 10.1. The van der Waals surface area contributed by atoms with E-state index in [0.29, 0.717) is 17.4 Å².